The zero-order valence-electron chi connectivity index (χ0n) is 18.7. The van der Waals surface area contributed by atoms with Crippen LogP contribution in [0.1, 0.15) is 58.2 Å². The van der Waals surface area contributed by atoms with Gasteiger partial charge in [0.2, 0.25) is 5.89 Å². The van der Waals surface area contributed by atoms with Crippen LogP contribution in [0.15, 0.2) is 69.9 Å². The molecule has 2 amide bonds. The zero-order chi connectivity index (χ0) is 23.7. The molecule has 2 atom stereocenters. The van der Waals surface area contributed by atoms with E-state index in [1.165, 1.54) is 4.90 Å². The number of rotatable bonds is 2. The summed E-state index contributed by atoms with van der Waals surface area (Å²) in [5.41, 5.74) is 2.15. The average Bonchev–Trinajstić information content (AvgIpc) is 3.41. The Bertz CT molecular complexity index is 1720. The van der Waals surface area contributed by atoms with E-state index in [0.29, 0.717) is 38.9 Å². The highest BCUT2D eigenvalue weighted by atomic mass is 32.1. The molecule has 0 bridgehead atoms. The van der Waals surface area contributed by atoms with Crippen molar-refractivity contribution in [2.24, 2.45) is 0 Å². The molecule has 1 unspecified atom stereocenters. The maximum absolute atomic E-state index is 13.2. The van der Waals surface area contributed by atoms with Crippen molar-refractivity contribution in [2.45, 2.75) is 37.6 Å². The van der Waals surface area contributed by atoms with Crippen LogP contribution in [-0.2, 0) is 0 Å². The third-order valence-corrected chi connectivity index (χ3v) is 8.44. The Hall–Kier alpha value is -3.84. The lowest BCUT2D eigenvalue weighted by molar-refractivity contribution is 0.0511. The highest BCUT2D eigenvalue weighted by Crippen LogP contribution is 2.40. The zero-order valence-corrected chi connectivity index (χ0v) is 19.5. The standard InChI is InChI=1S/C28H20N2O4S/c31-25-18-10-4-6-12-23(18)35-24-14-22-20(13-19(24)25)29-26(34-22)17-9-3-5-11-21(17)30-27(32)15-7-1-2-8-16(15)28(30)33/h1-2,4,6-8,10,12-14,17,21H,3,5,9,11H2/t17?,21-/m1/s1. The Morgan fingerprint density at radius 3 is 2.34 bits per heavy atom. The minimum atomic E-state index is -0.306. The van der Waals surface area contributed by atoms with E-state index in [1.54, 1.807) is 35.6 Å². The number of hydrogen-bond acceptors (Lipinski definition) is 6. The molecule has 2 aliphatic rings. The number of imide groups is 1. The Morgan fingerprint density at radius 2 is 1.54 bits per heavy atom. The third kappa shape index (κ3) is 3.01. The van der Waals surface area contributed by atoms with Gasteiger partial charge in [-0.3, -0.25) is 19.3 Å². The summed E-state index contributed by atoms with van der Waals surface area (Å²) in [6, 6.07) is 18.0. The molecule has 1 fully saturated rings. The van der Waals surface area contributed by atoms with Gasteiger partial charge in [-0.15, -0.1) is 11.3 Å². The van der Waals surface area contributed by atoms with Crippen LogP contribution in [0.2, 0.25) is 0 Å². The highest BCUT2D eigenvalue weighted by Gasteiger charge is 2.45. The van der Waals surface area contributed by atoms with Crippen LogP contribution in [-0.4, -0.2) is 27.7 Å². The Labute approximate surface area is 203 Å². The third-order valence-electron chi connectivity index (χ3n) is 7.31. The Kier molecular flexibility index (Phi) is 4.45. The van der Waals surface area contributed by atoms with Gasteiger partial charge in [-0.05, 0) is 43.2 Å². The number of hydrogen-bond donors (Lipinski definition) is 0. The van der Waals surface area contributed by atoms with E-state index in [-0.39, 0.29) is 29.2 Å². The molecular formula is C28H20N2O4S. The summed E-state index contributed by atoms with van der Waals surface area (Å²) in [5, 5.41) is 1.33. The number of fused-ring (bicyclic) bond motifs is 4. The SMILES string of the molecule is O=C1c2ccccc2C(=O)N1[C@@H]1CCCCC1c1nc2cc3c(=O)c4ccccc4sc3cc2o1. The van der Waals surface area contributed by atoms with Gasteiger partial charge < -0.3 is 4.42 Å². The predicted octanol–water partition coefficient (Wildman–Crippen LogP) is 5.88. The fourth-order valence-corrected chi connectivity index (χ4v) is 6.70. The monoisotopic (exact) mass is 480 g/mol. The number of carbonyl (C=O) groups is 2. The molecule has 7 heteroatoms. The summed E-state index contributed by atoms with van der Waals surface area (Å²) in [6.45, 7) is 0. The largest absolute Gasteiger partial charge is 0.440 e. The predicted molar refractivity (Wildman–Crippen MR) is 135 cm³/mol. The van der Waals surface area contributed by atoms with Gasteiger partial charge in [-0.1, -0.05) is 37.1 Å². The number of aromatic nitrogens is 1. The van der Waals surface area contributed by atoms with Crippen LogP contribution in [0.3, 0.4) is 0 Å². The van der Waals surface area contributed by atoms with Crippen LogP contribution in [0.25, 0.3) is 31.3 Å². The molecule has 35 heavy (non-hydrogen) atoms. The molecule has 0 N–H and O–H groups in total. The summed E-state index contributed by atoms with van der Waals surface area (Å²) >= 11 is 1.55. The topological polar surface area (TPSA) is 80.5 Å². The molecule has 1 aliphatic heterocycles. The minimum absolute atomic E-state index is 0.0117. The maximum Gasteiger partial charge on any atom is 0.261 e. The van der Waals surface area contributed by atoms with Crippen molar-refractivity contribution in [2.75, 3.05) is 0 Å². The molecule has 6 nitrogen and oxygen atoms in total. The number of oxazole rings is 1. The smallest absolute Gasteiger partial charge is 0.261 e. The van der Waals surface area contributed by atoms with Crippen LogP contribution in [0.4, 0.5) is 0 Å². The summed E-state index contributed by atoms with van der Waals surface area (Å²) in [4.78, 5) is 45.7. The molecular weight excluding hydrogens is 460 g/mol. The van der Waals surface area contributed by atoms with Crippen LogP contribution in [0, 0.1) is 0 Å². The summed E-state index contributed by atoms with van der Waals surface area (Å²) < 4.78 is 8.03. The number of carbonyl (C=O) groups excluding carboxylic acids is 2. The molecule has 0 radical (unpaired) electrons. The Balaban J connectivity index is 1.33. The van der Waals surface area contributed by atoms with Crippen LogP contribution in [0.5, 0.6) is 0 Å². The van der Waals surface area contributed by atoms with Crippen molar-refractivity contribution >= 4 is 54.4 Å². The van der Waals surface area contributed by atoms with Gasteiger partial charge in [0.05, 0.1) is 23.1 Å². The molecule has 2 aromatic heterocycles. The second kappa shape index (κ2) is 7.58. The fraction of sp³-hybridized carbons (Fsp3) is 0.214. The van der Waals surface area contributed by atoms with Gasteiger partial charge in [0.15, 0.2) is 11.0 Å². The summed E-state index contributed by atoms with van der Waals surface area (Å²) in [6.07, 6.45) is 3.41. The van der Waals surface area contributed by atoms with Crippen LogP contribution >= 0.6 is 11.3 Å². The minimum Gasteiger partial charge on any atom is -0.440 e. The van der Waals surface area contributed by atoms with E-state index in [0.717, 1.165) is 35.1 Å². The van der Waals surface area contributed by atoms with Crippen molar-refractivity contribution in [1.29, 1.82) is 0 Å². The second-order valence-electron chi connectivity index (χ2n) is 9.28. The number of amides is 2. The lowest BCUT2D eigenvalue weighted by Gasteiger charge is -2.35. The summed E-state index contributed by atoms with van der Waals surface area (Å²) in [5.74, 6) is -0.141. The van der Waals surface area contributed by atoms with E-state index in [9.17, 15) is 14.4 Å². The van der Waals surface area contributed by atoms with E-state index in [2.05, 4.69) is 0 Å². The van der Waals surface area contributed by atoms with Gasteiger partial charge in [-0.25, -0.2) is 4.98 Å². The van der Waals surface area contributed by atoms with E-state index in [1.807, 2.05) is 36.4 Å². The van der Waals surface area contributed by atoms with Crippen molar-refractivity contribution < 1.29 is 14.0 Å². The molecule has 172 valence electrons. The lowest BCUT2D eigenvalue weighted by atomic mass is 9.83. The quantitative estimate of drug-likeness (QED) is 0.233. The fourth-order valence-electron chi connectivity index (χ4n) is 5.62. The first-order valence-corrected chi connectivity index (χ1v) is 12.6. The molecule has 0 spiro atoms. The van der Waals surface area contributed by atoms with Gasteiger partial charge in [-0.2, -0.15) is 0 Å². The van der Waals surface area contributed by atoms with Crippen molar-refractivity contribution in [3.8, 4) is 0 Å². The Morgan fingerprint density at radius 1 is 0.829 bits per heavy atom. The van der Waals surface area contributed by atoms with Crippen molar-refractivity contribution in [1.82, 2.24) is 9.88 Å². The van der Waals surface area contributed by atoms with Gasteiger partial charge >= 0.3 is 0 Å². The molecule has 0 saturated heterocycles. The van der Waals surface area contributed by atoms with Crippen molar-refractivity contribution in [3.05, 3.63) is 87.9 Å². The number of nitrogens with zero attached hydrogens (tertiary/aromatic N) is 2. The first-order chi connectivity index (χ1) is 17.1. The number of benzene rings is 3. The first-order valence-electron chi connectivity index (χ1n) is 11.8. The molecule has 1 aliphatic carbocycles. The van der Waals surface area contributed by atoms with Gasteiger partial charge in [0.25, 0.3) is 11.8 Å². The second-order valence-corrected chi connectivity index (χ2v) is 10.4. The molecule has 5 aromatic rings. The van der Waals surface area contributed by atoms with E-state index >= 15 is 0 Å². The van der Waals surface area contributed by atoms with E-state index < -0.39 is 0 Å². The first kappa shape index (κ1) is 20.5. The molecule has 3 heterocycles. The summed E-state index contributed by atoms with van der Waals surface area (Å²) in [7, 11) is 0. The van der Waals surface area contributed by atoms with Gasteiger partial charge in [0.1, 0.15) is 5.52 Å². The normalized spacial score (nSPS) is 20.3. The van der Waals surface area contributed by atoms with E-state index in [4.69, 9.17) is 9.40 Å². The van der Waals surface area contributed by atoms with Crippen LogP contribution < -0.4 is 5.43 Å². The molecule has 1 saturated carbocycles. The average molecular weight is 481 g/mol. The highest BCUT2D eigenvalue weighted by molar-refractivity contribution is 7.24. The molecule has 3 aromatic carbocycles. The maximum atomic E-state index is 13.2. The molecule has 7 rings (SSSR count). The van der Waals surface area contributed by atoms with Gasteiger partial charge in [0, 0.05) is 26.2 Å². The lowest BCUT2D eigenvalue weighted by Crippen LogP contribution is -2.45. The van der Waals surface area contributed by atoms with Crippen molar-refractivity contribution in [3.63, 3.8) is 0 Å².